The van der Waals surface area contributed by atoms with Crippen molar-refractivity contribution in [3.8, 4) is 6.07 Å². The van der Waals surface area contributed by atoms with Crippen molar-refractivity contribution in [1.29, 1.82) is 5.26 Å². The van der Waals surface area contributed by atoms with E-state index in [1.165, 1.54) is 0 Å². The molecule has 26 heavy (non-hydrogen) atoms. The van der Waals surface area contributed by atoms with Gasteiger partial charge in [-0.1, -0.05) is 12.1 Å². The summed E-state index contributed by atoms with van der Waals surface area (Å²) in [6.45, 7) is 0.344. The molecule has 0 atom stereocenters. The van der Waals surface area contributed by atoms with Crippen molar-refractivity contribution in [2.45, 2.75) is 31.3 Å². The molecule has 1 saturated carbocycles. The summed E-state index contributed by atoms with van der Waals surface area (Å²) in [5.41, 5.74) is 2.83. The number of urea groups is 1. The van der Waals surface area contributed by atoms with E-state index in [0.717, 1.165) is 36.2 Å². The van der Waals surface area contributed by atoms with E-state index in [9.17, 15) is 4.79 Å². The van der Waals surface area contributed by atoms with E-state index in [1.807, 2.05) is 28.9 Å². The first-order valence-electron chi connectivity index (χ1n) is 8.53. The number of imidazole rings is 1. The molecule has 1 aromatic carbocycles. The maximum Gasteiger partial charge on any atom is 0.315 e. The van der Waals surface area contributed by atoms with Crippen LogP contribution >= 0.6 is 0 Å². The van der Waals surface area contributed by atoms with Gasteiger partial charge in [-0.25, -0.2) is 9.78 Å². The average Bonchev–Trinajstić information content (AvgIpc) is 3.06. The van der Waals surface area contributed by atoms with Gasteiger partial charge in [0.1, 0.15) is 0 Å². The molecule has 2 heterocycles. The molecule has 0 bridgehead atoms. The molecule has 0 unspecified atom stereocenters. The molecule has 2 aromatic heterocycles. The largest absolute Gasteiger partial charge is 0.332 e. The maximum absolute atomic E-state index is 12.4. The van der Waals surface area contributed by atoms with E-state index in [0.29, 0.717) is 12.1 Å². The highest BCUT2D eigenvalue weighted by atomic mass is 16.2. The Labute approximate surface area is 150 Å². The Morgan fingerprint density at radius 1 is 1.31 bits per heavy atom. The number of nitrogens with one attached hydrogen (secondary N) is 2. The van der Waals surface area contributed by atoms with Crippen LogP contribution < -0.4 is 10.6 Å². The number of nitriles is 1. The monoisotopic (exact) mass is 346 g/mol. The molecule has 2 N–H and O–H groups in total. The number of carbonyl (C=O) groups is 1. The molecule has 0 spiro atoms. The molecule has 1 aliphatic rings. The van der Waals surface area contributed by atoms with Gasteiger partial charge in [-0.15, -0.1) is 0 Å². The van der Waals surface area contributed by atoms with Crippen LogP contribution in [0.25, 0.3) is 5.65 Å². The maximum atomic E-state index is 12.4. The van der Waals surface area contributed by atoms with Crippen molar-refractivity contribution in [3.63, 3.8) is 0 Å². The van der Waals surface area contributed by atoms with Gasteiger partial charge < -0.3 is 15.0 Å². The second-order valence-electron chi connectivity index (χ2n) is 6.51. The standard InChI is InChI=1S/C19H18N6O/c20-10-14-2-4-15(5-3-14)19(6-1-7-19)24-18(26)22-11-16-13-25-9-8-21-12-17(25)23-16/h2-5,8-9,12-13H,1,6-7,11H2,(H2,22,24,26). The molecule has 130 valence electrons. The first-order valence-corrected chi connectivity index (χ1v) is 8.53. The summed E-state index contributed by atoms with van der Waals surface area (Å²) in [4.78, 5) is 20.9. The third-order valence-corrected chi connectivity index (χ3v) is 4.87. The zero-order valence-corrected chi connectivity index (χ0v) is 14.1. The number of carbonyl (C=O) groups excluding carboxylic acids is 1. The van der Waals surface area contributed by atoms with Gasteiger partial charge in [0, 0.05) is 18.6 Å². The number of hydrogen-bond donors (Lipinski definition) is 2. The highest BCUT2D eigenvalue weighted by Crippen LogP contribution is 2.41. The number of amides is 2. The Morgan fingerprint density at radius 2 is 2.12 bits per heavy atom. The van der Waals surface area contributed by atoms with Gasteiger partial charge in [-0.2, -0.15) is 5.26 Å². The van der Waals surface area contributed by atoms with Crippen molar-refractivity contribution < 1.29 is 4.79 Å². The van der Waals surface area contributed by atoms with E-state index in [2.05, 4.69) is 26.7 Å². The predicted octanol–water partition coefficient (Wildman–Crippen LogP) is 2.48. The smallest absolute Gasteiger partial charge is 0.315 e. The number of aromatic nitrogens is 3. The minimum atomic E-state index is -0.346. The van der Waals surface area contributed by atoms with E-state index in [-0.39, 0.29) is 11.6 Å². The molecule has 7 nitrogen and oxygen atoms in total. The molecule has 0 aliphatic heterocycles. The fourth-order valence-electron chi connectivity index (χ4n) is 3.29. The van der Waals surface area contributed by atoms with Gasteiger partial charge in [0.25, 0.3) is 0 Å². The second kappa shape index (κ2) is 6.48. The summed E-state index contributed by atoms with van der Waals surface area (Å²) in [6.07, 6.45) is 9.92. The van der Waals surface area contributed by atoms with Crippen LogP contribution in [0.15, 0.2) is 49.1 Å². The Balaban J connectivity index is 1.41. The Morgan fingerprint density at radius 3 is 2.77 bits per heavy atom. The van der Waals surface area contributed by atoms with Crippen molar-refractivity contribution >= 4 is 11.7 Å². The van der Waals surface area contributed by atoms with E-state index in [4.69, 9.17) is 5.26 Å². The van der Waals surface area contributed by atoms with Gasteiger partial charge in [-0.3, -0.25) is 4.98 Å². The molecule has 3 aromatic rings. The first kappa shape index (κ1) is 16.1. The number of hydrogen-bond acceptors (Lipinski definition) is 4. The summed E-state index contributed by atoms with van der Waals surface area (Å²) in [7, 11) is 0. The van der Waals surface area contributed by atoms with Crippen molar-refractivity contribution in [1.82, 2.24) is 25.0 Å². The van der Waals surface area contributed by atoms with Crippen molar-refractivity contribution in [2.75, 3.05) is 0 Å². The zero-order chi connectivity index (χ0) is 18.0. The topological polar surface area (TPSA) is 95.1 Å². The molecule has 1 fully saturated rings. The summed E-state index contributed by atoms with van der Waals surface area (Å²) in [5, 5.41) is 14.9. The second-order valence-corrected chi connectivity index (χ2v) is 6.51. The molecule has 0 saturated heterocycles. The lowest BCUT2D eigenvalue weighted by Crippen LogP contribution is -2.53. The SMILES string of the molecule is N#Cc1ccc(C2(NC(=O)NCc3cn4ccncc4n3)CCC2)cc1. The third kappa shape index (κ3) is 2.97. The van der Waals surface area contributed by atoms with Crippen LogP contribution in [0.2, 0.25) is 0 Å². The Hall–Kier alpha value is -3.40. The van der Waals surface area contributed by atoms with Crippen molar-refractivity contribution in [3.05, 3.63) is 65.9 Å². The number of nitrogens with zero attached hydrogens (tertiary/aromatic N) is 4. The summed E-state index contributed by atoms with van der Waals surface area (Å²) in [6, 6.07) is 9.33. The van der Waals surface area contributed by atoms with Crippen LogP contribution in [0.5, 0.6) is 0 Å². The molecule has 2 amide bonds. The lowest BCUT2D eigenvalue weighted by atomic mass is 9.72. The van der Waals surface area contributed by atoms with Crippen LogP contribution in [0.1, 0.15) is 36.1 Å². The predicted molar refractivity (Wildman–Crippen MR) is 95.0 cm³/mol. The number of fused-ring (bicyclic) bond motifs is 1. The van der Waals surface area contributed by atoms with E-state index in [1.54, 1.807) is 24.5 Å². The summed E-state index contributed by atoms with van der Waals surface area (Å²) >= 11 is 0. The van der Waals surface area contributed by atoms with E-state index < -0.39 is 0 Å². The van der Waals surface area contributed by atoms with Gasteiger partial charge >= 0.3 is 6.03 Å². The average molecular weight is 346 g/mol. The van der Waals surface area contributed by atoms with Gasteiger partial charge in [0.15, 0.2) is 5.65 Å². The van der Waals surface area contributed by atoms with Crippen LogP contribution in [0.3, 0.4) is 0 Å². The van der Waals surface area contributed by atoms with Crippen LogP contribution in [-0.4, -0.2) is 20.4 Å². The Bertz CT molecular complexity index is 948. The summed E-state index contributed by atoms with van der Waals surface area (Å²) in [5.74, 6) is 0. The fraction of sp³-hybridized carbons (Fsp3) is 0.263. The van der Waals surface area contributed by atoms with Crippen LogP contribution in [0, 0.1) is 11.3 Å². The van der Waals surface area contributed by atoms with Gasteiger partial charge in [-0.05, 0) is 37.0 Å². The Kier molecular flexibility index (Phi) is 4.01. The van der Waals surface area contributed by atoms with Crippen LogP contribution in [0.4, 0.5) is 4.79 Å². The van der Waals surface area contributed by atoms with E-state index >= 15 is 0 Å². The first-order chi connectivity index (χ1) is 12.7. The quantitative estimate of drug-likeness (QED) is 0.759. The molecular weight excluding hydrogens is 328 g/mol. The molecule has 4 rings (SSSR count). The van der Waals surface area contributed by atoms with Crippen molar-refractivity contribution in [2.24, 2.45) is 0 Å². The number of rotatable bonds is 4. The molecule has 1 aliphatic carbocycles. The molecule has 0 radical (unpaired) electrons. The van der Waals surface area contributed by atoms with Crippen LogP contribution in [-0.2, 0) is 12.1 Å². The summed E-state index contributed by atoms with van der Waals surface area (Å²) < 4.78 is 1.87. The zero-order valence-electron chi connectivity index (χ0n) is 14.1. The molecular formula is C19H18N6O. The fourth-order valence-corrected chi connectivity index (χ4v) is 3.29. The minimum Gasteiger partial charge on any atom is -0.332 e. The normalized spacial score (nSPS) is 15.0. The minimum absolute atomic E-state index is 0.218. The highest BCUT2D eigenvalue weighted by Gasteiger charge is 2.40. The lowest BCUT2D eigenvalue weighted by Gasteiger charge is -2.43. The molecule has 7 heteroatoms. The lowest BCUT2D eigenvalue weighted by molar-refractivity contribution is 0.177. The number of benzene rings is 1. The van der Waals surface area contributed by atoms with Gasteiger partial charge in [0.2, 0.25) is 0 Å². The highest BCUT2D eigenvalue weighted by molar-refractivity contribution is 5.75. The van der Waals surface area contributed by atoms with Gasteiger partial charge in [0.05, 0.1) is 35.6 Å². The third-order valence-electron chi connectivity index (χ3n) is 4.87.